The molecule has 1 aromatic heterocycles. The summed E-state index contributed by atoms with van der Waals surface area (Å²) in [5, 5.41) is 6.74. The van der Waals surface area contributed by atoms with E-state index < -0.39 is 0 Å². The second kappa shape index (κ2) is 3.80. The van der Waals surface area contributed by atoms with Gasteiger partial charge in [0.2, 0.25) is 0 Å². The minimum atomic E-state index is 0.633. The van der Waals surface area contributed by atoms with Crippen LogP contribution >= 0.6 is 0 Å². The van der Waals surface area contributed by atoms with Gasteiger partial charge in [-0.15, -0.1) is 0 Å². The molecule has 88 valence electrons. The van der Waals surface area contributed by atoms with E-state index in [1.54, 1.807) is 6.20 Å². The standard InChI is InChI=1S/C13H16N4/c1-17-6-2-3-10-7-9(4-5-12(10)17)11-8-15-16-13(11)14/h4-5,7-8H,2-3,6H2,1H3,(H3,14,15,16). The third-order valence-electron chi connectivity index (χ3n) is 3.41. The molecule has 0 bridgehead atoms. The smallest absolute Gasteiger partial charge is 0.126 e. The Labute approximate surface area is 100 Å². The summed E-state index contributed by atoms with van der Waals surface area (Å²) >= 11 is 0. The number of hydrogen-bond donors (Lipinski definition) is 2. The normalized spacial score (nSPS) is 14.8. The fourth-order valence-electron chi connectivity index (χ4n) is 2.48. The maximum atomic E-state index is 5.85. The van der Waals surface area contributed by atoms with Crippen LogP contribution in [-0.2, 0) is 6.42 Å². The fraction of sp³-hybridized carbons (Fsp3) is 0.308. The van der Waals surface area contributed by atoms with Crippen LogP contribution in [0.4, 0.5) is 11.5 Å². The van der Waals surface area contributed by atoms with Crippen LogP contribution in [0.2, 0.25) is 0 Å². The molecule has 3 N–H and O–H groups in total. The number of aromatic nitrogens is 2. The third kappa shape index (κ3) is 1.65. The largest absolute Gasteiger partial charge is 0.384 e. The van der Waals surface area contributed by atoms with Gasteiger partial charge in [-0.05, 0) is 36.1 Å². The summed E-state index contributed by atoms with van der Waals surface area (Å²) in [6.07, 6.45) is 4.14. The van der Waals surface area contributed by atoms with Crippen molar-refractivity contribution < 1.29 is 0 Å². The highest BCUT2D eigenvalue weighted by molar-refractivity contribution is 5.76. The Hall–Kier alpha value is -1.97. The van der Waals surface area contributed by atoms with Crippen molar-refractivity contribution in [2.75, 3.05) is 24.2 Å². The van der Waals surface area contributed by atoms with E-state index in [0.29, 0.717) is 5.82 Å². The Morgan fingerprint density at radius 3 is 3.06 bits per heavy atom. The minimum Gasteiger partial charge on any atom is -0.384 e. The lowest BCUT2D eigenvalue weighted by molar-refractivity contribution is 0.745. The first-order valence-corrected chi connectivity index (χ1v) is 5.89. The van der Waals surface area contributed by atoms with Crippen LogP contribution in [0.5, 0.6) is 0 Å². The molecule has 0 radical (unpaired) electrons. The molecule has 1 aliphatic rings. The lowest BCUT2D eigenvalue weighted by atomic mass is 9.97. The van der Waals surface area contributed by atoms with Crippen LogP contribution in [0.15, 0.2) is 24.4 Å². The summed E-state index contributed by atoms with van der Waals surface area (Å²) in [4.78, 5) is 2.31. The van der Waals surface area contributed by atoms with Gasteiger partial charge < -0.3 is 10.6 Å². The summed E-state index contributed by atoms with van der Waals surface area (Å²) in [5.41, 5.74) is 10.7. The number of rotatable bonds is 1. The average Bonchev–Trinajstić information content (AvgIpc) is 2.75. The van der Waals surface area contributed by atoms with Crippen LogP contribution in [0.1, 0.15) is 12.0 Å². The highest BCUT2D eigenvalue weighted by Gasteiger charge is 2.15. The van der Waals surface area contributed by atoms with E-state index in [2.05, 4.69) is 40.3 Å². The number of aryl methyl sites for hydroxylation is 1. The number of nitrogens with two attached hydrogens (primary N) is 1. The lowest BCUT2D eigenvalue weighted by Gasteiger charge is -2.27. The van der Waals surface area contributed by atoms with Crippen molar-refractivity contribution in [1.29, 1.82) is 0 Å². The van der Waals surface area contributed by atoms with Gasteiger partial charge in [0.05, 0.1) is 6.20 Å². The van der Waals surface area contributed by atoms with Gasteiger partial charge in [-0.1, -0.05) is 6.07 Å². The van der Waals surface area contributed by atoms with Crippen molar-refractivity contribution in [3.63, 3.8) is 0 Å². The molecule has 0 amide bonds. The first-order valence-electron chi connectivity index (χ1n) is 5.89. The number of nitrogens with one attached hydrogen (secondary N) is 1. The van der Waals surface area contributed by atoms with E-state index in [1.165, 1.54) is 17.7 Å². The zero-order valence-electron chi connectivity index (χ0n) is 9.90. The first kappa shape index (κ1) is 10.2. The van der Waals surface area contributed by atoms with E-state index in [0.717, 1.165) is 24.1 Å². The molecule has 2 aromatic rings. The summed E-state index contributed by atoms with van der Waals surface area (Å²) in [6.45, 7) is 1.14. The maximum absolute atomic E-state index is 5.85. The van der Waals surface area contributed by atoms with Crippen molar-refractivity contribution in [2.24, 2.45) is 0 Å². The van der Waals surface area contributed by atoms with E-state index in [-0.39, 0.29) is 0 Å². The number of anilines is 2. The number of nitrogens with zero attached hydrogens (tertiary/aromatic N) is 2. The first-order chi connectivity index (χ1) is 8.25. The zero-order valence-corrected chi connectivity index (χ0v) is 9.90. The van der Waals surface area contributed by atoms with Gasteiger partial charge in [0.25, 0.3) is 0 Å². The Balaban J connectivity index is 2.07. The maximum Gasteiger partial charge on any atom is 0.126 e. The number of H-pyrrole nitrogens is 1. The van der Waals surface area contributed by atoms with Crippen molar-refractivity contribution in [2.45, 2.75) is 12.8 Å². The van der Waals surface area contributed by atoms with Crippen LogP contribution in [0.25, 0.3) is 11.1 Å². The Morgan fingerprint density at radius 1 is 1.41 bits per heavy atom. The van der Waals surface area contributed by atoms with Crippen LogP contribution in [0, 0.1) is 0 Å². The van der Waals surface area contributed by atoms with Crippen molar-refractivity contribution in [1.82, 2.24) is 10.2 Å². The minimum absolute atomic E-state index is 0.633. The quantitative estimate of drug-likeness (QED) is 0.785. The highest BCUT2D eigenvalue weighted by atomic mass is 15.1. The van der Waals surface area contributed by atoms with Crippen molar-refractivity contribution in [3.8, 4) is 11.1 Å². The van der Waals surface area contributed by atoms with Gasteiger partial charge in [-0.2, -0.15) is 5.10 Å². The highest BCUT2D eigenvalue weighted by Crippen LogP contribution is 2.32. The Morgan fingerprint density at radius 2 is 2.29 bits per heavy atom. The summed E-state index contributed by atoms with van der Waals surface area (Å²) < 4.78 is 0. The predicted octanol–water partition coefficient (Wildman–Crippen LogP) is 2.04. The van der Waals surface area contributed by atoms with Gasteiger partial charge in [0.15, 0.2) is 0 Å². The topological polar surface area (TPSA) is 57.9 Å². The molecule has 2 heterocycles. The molecule has 0 spiro atoms. The number of aromatic amines is 1. The number of fused-ring (bicyclic) bond motifs is 1. The zero-order chi connectivity index (χ0) is 11.8. The molecule has 0 unspecified atom stereocenters. The molecule has 0 atom stereocenters. The second-order valence-electron chi connectivity index (χ2n) is 4.57. The third-order valence-corrected chi connectivity index (χ3v) is 3.41. The van der Waals surface area contributed by atoms with Crippen molar-refractivity contribution >= 4 is 11.5 Å². The fourth-order valence-corrected chi connectivity index (χ4v) is 2.48. The molecule has 3 rings (SSSR count). The molecule has 0 saturated heterocycles. The van der Waals surface area contributed by atoms with E-state index in [9.17, 15) is 0 Å². The Bertz CT molecular complexity index is 544. The van der Waals surface area contributed by atoms with E-state index in [4.69, 9.17) is 5.73 Å². The van der Waals surface area contributed by atoms with Gasteiger partial charge in [-0.3, -0.25) is 5.10 Å². The van der Waals surface area contributed by atoms with E-state index in [1.807, 2.05) is 0 Å². The monoisotopic (exact) mass is 228 g/mol. The Kier molecular flexibility index (Phi) is 2.28. The predicted molar refractivity (Wildman–Crippen MR) is 70.0 cm³/mol. The van der Waals surface area contributed by atoms with Crippen LogP contribution < -0.4 is 10.6 Å². The summed E-state index contributed by atoms with van der Waals surface area (Å²) in [5.74, 6) is 0.633. The van der Waals surface area contributed by atoms with Crippen molar-refractivity contribution in [3.05, 3.63) is 30.0 Å². The molecule has 0 fully saturated rings. The molecule has 0 aliphatic carbocycles. The van der Waals surface area contributed by atoms with Crippen LogP contribution in [0.3, 0.4) is 0 Å². The van der Waals surface area contributed by atoms with Crippen LogP contribution in [-0.4, -0.2) is 23.8 Å². The second-order valence-corrected chi connectivity index (χ2v) is 4.57. The van der Waals surface area contributed by atoms with Gasteiger partial charge in [0.1, 0.15) is 5.82 Å². The molecular formula is C13H16N4. The van der Waals surface area contributed by atoms with Gasteiger partial charge in [0, 0.05) is 24.8 Å². The van der Waals surface area contributed by atoms with Gasteiger partial charge >= 0.3 is 0 Å². The number of hydrogen-bond acceptors (Lipinski definition) is 3. The molecular weight excluding hydrogens is 212 g/mol. The number of benzene rings is 1. The number of nitrogen functional groups attached to an aromatic ring is 1. The van der Waals surface area contributed by atoms with E-state index >= 15 is 0 Å². The molecule has 4 heteroatoms. The summed E-state index contributed by atoms with van der Waals surface area (Å²) in [6, 6.07) is 6.52. The van der Waals surface area contributed by atoms with Gasteiger partial charge in [-0.25, -0.2) is 0 Å². The molecule has 0 saturated carbocycles. The summed E-state index contributed by atoms with van der Waals surface area (Å²) in [7, 11) is 2.14. The molecule has 1 aliphatic heterocycles. The SMILES string of the molecule is CN1CCCc2cc(-c3cn[nH]c3N)ccc21. The molecule has 17 heavy (non-hydrogen) atoms. The molecule has 4 nitrogen and oxygen atoms in total. The lowest BCUT2D eigenvalue weighted by Crippen LogP contribution is -2.24. The molecule has 1 aromatic carbocycles. The average molecular weight is 228 g/mol.